The Labute approximate surface area is 180 Å². The molecule has 3 heterocycles. The minimum Gasteiger partial charge on any atom is -0.478 e. The second-order valence-corrected chi connectivity index (χ2v) is 8.56. The van der Waals surface area contributed by atoms with Crippen LogP contribution < -0.4 is 4.74 Å². The van der Waals surface area contributed by atoms with Gasteiger partial charge in [0.15, 0.2) is 5.65 Å². The van der Waals surface area contributed by atoms with Crippen molar-refractivity contribution < 1.29 is 14.6 Å². The van der Waals surface area contributed by atoms with Gasteiger partial charge in [-0.05, 0) is 42.2 Å². The predicted molar refractivity (Wildman–Crippen MR) is 118 cm³/mol. The lowest BCUT2D eigenvalue weighted by atomic mass is 9.97. The van der Waals surface area contributed by atoms with Gasteiger partial charge in [-0.3, -0.25) is 0 Å². The van der Waals surface area contributed by atoms with Crippen molar-refractivity contribution in [3.63, 3.8) is 0 Å². The Hall–Kier alpha value is -3.16. The summed E-state index contributed by atoms with van der Waals surface area (Å²) in [7, 11) is 0. The Morgan fingerprint density at radius 2 is 2.13 bits per heavy atom. The number of carboxylic acids is 1. The number of allylic oxidation sites excluding steroid dienone is 2. The fourth-order valence-electron chi connectivity index (χ4n) is 3.49. The number of thiophene rings is 1. The normalized spacial score (nSPS) is 16.5. The Bertz CT molecular complexity index is 1340. The first-order valence-electron chi connectivity index (χ1n) is 9.31. The Balaban J connectivity index is 1.45. The summed E-state index contributed by atoms with van der Waals surface area (Å²) in [6.45, 7) is 1.78. The van der Waals surface area contributed by atoms with Crippen molar-refractivity contribution in [3.8, 4) is 16.6 Å². The van der Waals surface area contributed by atoms with E-state index >= 15 is 0 Å². The van der Waals surface area contributed by atoms with E-state index in [9.17, 15) is 9.90 Å². The Morgan fingerprint density at radius 1 is 1.30 bits per heavy atom. The van der Waals surface area contributed by atoms with E-state index in [1.807, 2.05) is 18.2 Å². The third-order valence-electron chi connectivity index (χ3n) is 5.03. The van der Waals surface area contributed by atoms with Gasteiger partial charge in [-0.1, -0.05) is 35.9 Å². The van der Waals surface area contributed by atoms with E-state index in [2.05, 4.69) is 33.2 Å². The number of ether oxygens (including phenoxy) is 1. The number of nitrogens with zero attached hydrogens (tertiary/aromatic N) is 2. The summed E-state index contributed by atoms with van der Waals surface area (Å²) < 4.78 is 7.04. The molecule has 1 atom stereocenters. The number of hydrogen-bond acceptors (Lipinski definition) is 5. The van der Waals surface area contributed by atoms with E-state index in [4.69, 9.17) is 16.3 Å². The first-order chi connectivity index (χ1) is 14.5. The number of hydrogen-bond donors (Lipinski definition) is 2. The highest BCUT2D eigenvalue weighted by Gasteiger charge is 2.22. The van der Waals surface area contributed by atoms with E-state index in [0.29, 0.717) is 27.5 Å². The van der Waals surface area contributed by atoms with Crippen LogP contribution in [0.5, 0.6) is 6.01 Å². The molecule has 1 aromatic carbocycles. The van der Waals surface area contributed by atoms with Crippen LogP contribution in [0.2, 0.25) is 5.02 Å². The van der Waals surface area contributed by atoms with Gasteiger partial charge in [0, 0.05) is 16.7 Å². The van der Waals surface area contributed by atoms with Crippen LogP contribution in [0.1, 0.15) is 13.3 Å². The zero-order valence-corrected chi connectivity index (χ0v) is 17.4. The maximum absolute atomic E-state index is 11.4. The molecular formula is C22H16ClN3O3S. The number of fused-ring (bicyclic) bond motifs is 2. The molecule has 0 saturated carbocycles. The second-order valence-electron chi connectivity index (χ2n) is 7.07. The first kappa shape index (κ1) is 18.8. The van der Waals surface area contributed by atoms with Crippen molar-refractivity contribution in [1.82, 2.24) is 15.0 Å². The molecule has 0 bridgehead atoms. The van der Waals surface area contributed by atoms with E-state index in [1.54, 1.807) is 30.4 Å². The van der Waals surface area contributed by atoms with E-state index < -0.39 is 12.1 Å². The molecule has 3 aromatic heterocycles. The maximum atomic E-state index is 11.4. The van der Waals surface area contributed by atoms with Crippen LogP contribution in [-0.4, -0.2) is 32.1 Å². The highest BCUT2D eigenvalue weighted by Crippen LogP contribution is 2.37. The Kier molecular flexibility index (Phi) is 4.56. The SMILES string of the molecule is CC1=C(C(=O)O)CC(Oc2nc3nc(-c4cc5ccccc5s4)c(Cl)cc3[nH]2)C=C1. The van der Waals surface area contributed by atoms with Gasteiger partial charge in [-0.25, -0.2) is 9.78 Å². The summed E-state index contributed by atoms with van der Waals surface area (Å²) >= 11 is 8.13. The van der Waals surface area contributed by atoms with Crippen molar-refractivity contribution in [3.05, 3.63) is 64.7 Å². The number of aliphatic carboxylic acids is 1. The molecule has 0 spiro atoms. The van der Waals surface area contributed by atoms with Crippen LogP contribution in [0.15, 0.2) is 59.7 Å². The number of carboxylic acid groups (broad SMARTS) is 1. The number of imidazole rings is 1. The molecule has 5 rings (SSSR count). The quantitative estimate of drug-likeness (QED) is 0.433. The molecule has 1 aliphatic carbocycles. The van der Waals surface area contributed by atoms with Crippen molar-refractivity contribution in [2.45, 2.75) is 19.4 Å². The highest BCUT2D eigenvalue weighted by molar-refractivity contribution is 7.22. The summed E-state index contributed by atoms with van der Waals surface area (Å²) in [5.41, 5.74) is 2.89. The van der Waals surface area contributed by atoms with E-state index in [-0.39, 0.29) is 12.4 Å². The lowest BCUT2D eigenvalue weighted by molar-refractivity contribution is -0.133. The van der Waals surface area contributed by atoms with Crippen LogP contribution in [0, 0.1) is 0 Å². The van der Waals surface area contributed by atoms with Crippen LogP contribution in [0.4, 0.5) is 0 Å². The minimum absolute atomic E-state index is 0.274. The van der Waals surface area contributed by atoms with Gasteiger partial charge in [0.2, 0.25) is 0 Å². The molecule has 2 N–H and O–H groups in total. The summed E-state index contributed by atoms with van der Waals surface area (Å²) in [5, 5.41) is 11.0. The van der Waals surface area contributed by atoms with Gasteiger partial charge in [0.1, 0.15) is 11.8 Å². The average Bonchev–Trinajstić information content (AvgIpc) is 3.31. The molecule has 0 radical (unpaired) electrons. The fourth-order valence-corrected chi connectivity index (χ4v) is 4.86. The van der Waals surface area contributed by atoms with Gasteiger partial charge in [0.25, 0.3) is 6.01 Å². The fraction of sp³-hybridized carbons (Fsp3) is 0.136. The summed E-state index contributed by atoms with van der Waals surface area (Å²) in [4.78, 5) is 24.5. The largest absolute Gasteiger partial charge is 0.478 e. The lowest BCUT2D eigenvalue weighted by Crippen LogP contribution is -2.21. The number of aromatic nitrogens is 3. The number of rotatable bonds is 4. The molecule has 0 saturated heterocycles. The summed E-state index contributed by atoms with van der Waals surface area (Å²) in [6.07, 6.45) is 3.45. The van der Waals surface area contributed by atoms with Crippen LogP contribution in [0.3, 0.4) is 0 Å². The number of nitrogens with one attached hydrogen (secondary N) is 1. The number of halogens is 1. The zero-order valence-electron chi connectivity index (χ0n) is 15.8. The monoisotopic (exact) mass is 437 g/mol. The third-order valence-corrected chi connectivity index (χ3v) is 6.44. The lowest BCUT2D eigenvalue weighted by Gasteiger charge is -2.18. The minimum atomic E-state index is -0.934. The molecule has 30 heavy (non-hydrogen) atoms. The molecular weight excluding hydrogens is 422 g/mol. The zero-order chi connectivity index (χ0) is 20.8. The number of benzene rings is 1. The molecule has 1 unspecified atom stereocenters. The topological polar surface area (TPSA) is 88.1 Å². The van der Waals surface area contributed by atoms with Crippen LogP contribution >= 0.6 is 22.9 Å². The van der Waals surface area contributed by atoms with Crippen molar-refractivity contribution in [1.29, 1.82) is 0 Å². The molecule has 0 aliphatic heterocycles. The maximum Gasteiger partial charge on any atom is 0.331 e. The van der Waals surface area contributed by atoms with E-state index in [0.717, 1.165) is 20.5 Å². The smallest absolute Gasteiger partial charge is 0.331 e. The molecule has 6 nitrogen and oxygen atoms in total. The highest BCUT2D eigenvalue weighted by atomic mass is 35.5. The first-order valence-corrected chi connectivity index (χ1v) is 10.5. The standard InChI is InChI=1S/C22H16ClN3O3S/c1-11-6-7-13(9-14(11)21(27)28)29-22-24-16-10-15(23)19(25-20(16)26-22)18-8-12-4-2-3-5-17(12)30-18/h2-8,10,13H,9H2,1H3,(H,27,28)(H,24,25,26). The number of aromatic amines is 1. The predicted octanol–water partition coefficient (Wildman–Crippen LogP) is 5.60. The van der Waals surface area contributed by atoms with Gasteiger partial charge >= 0.3 is 5.97 Å². The number of pyridine rings is 1. The van der Waals surface area contributed by atoms with Crippen molar-refractivity contribution in [2.24, 2.45) is 0 Å². The molecule has 0 fully saturated rings. The van der Waals surface area contributed by atoms with Gasteiger partial charge in [-0.15, -0.1) is 11.3 Å². The molecule has 8 heteroatoms. The summed E-state index contributed by atoms with van der Waals surface area (Å²) in [6, 6.07) is 12.3. The third kappa shape index (κ3) is 3.36. The van der Waals surface area contributed by atoms with Crippen LogP contribution in [-0.2, 0) is 4.79 Å². The number of carbonyl (C=O) groups is 1. The van der Waals surface area contributed by atoms with Crippen LogP contribution in [0.25, 0.3) is 31.8 Å². The Morgan fingerprint density at radius 3 is 2.93 bits per heavy atom. The number of H-pyrrole nitrogens is 1. The van der Waals surface area contributed by atoms with Gasteiger partial charge in [0.05, 0.1) is 15.4 Å². The van der Waals surface area contributed by atoms with Gasteiger partial charge in [-0.2, -0.15) is 4.98 Å². The molecule has 0 amide bonds. The van der Waals surface area contributed by atoms with Crippen molar-refractivity contribution >= 4 is 50.2 Å². The molecule has 150 valence electrons. The molecule has 1 aliphatic rings. The van der Waals surface area contributed by atoms with Crippen molar-refractivity contribution in [2.75, 3.05) is 0 Å². The molecule has 4 aromatic rings. The second kappa shape index (κ2) is 7.27. The van der Waals surface area contributed by atoms with E-state index in [1.165, 1.54) is 0 Å². The van der Waals surface area contributed by atoms with Gasteiger partial charge < -0.3 is 14.8 Å². The average molecular weight is 438 g/mol. The summed E-state index contributed by atoms with van der Waals surface area (Å²) in [5.74, 6) is -0.934.